The molecule has 7 nitrogen and oxygen atoms in total. The third kappa shape index (κ3) is 46.3. The number of methoxy groups -OCH3 is 1. The van der Waals surface area contributed by atoms with Gasteiger partial charge < -0.3 is 33.2 Å². The third-order valence-electron chi connectivity index (χ3n) is 14.2. The molecule has 0 atom stereocenters. The van der Waals surface area contributed by atoms with E-state index in [2.05, 4.69) is 74.1 Å². The zero-order valence-electron chi connectivity index (χ0n) is 57.6. The average Bonchev–Trinajstić information content (AvgIpc) is 3.78. The fourth-order valence-corrected chi connectivity index (χ4v) is 8.54. The second kappa shape index (κ2) is 60.1. The zero-order valence-corrected chi connectivity index (χ0v) is 57.6. The van der Waals surface area contributed by atoms with Crippen molar-refractivity contribution in [3.05, 3.63) is 218 Å². The lowest BCUT2D eigenvalue weighted by Crippen LogP contribution is -1.99. The second-order valence-electron chi connectivity index (χ2n) is 22.1. The van der Waals surface area contributed by atoms with Crippen LogP contribution in [0.2, 0.25) is 0 Å². The maximum atomic E-state index is 5.70. The van der Waals surface area contributed by atoms with Crippen molar-refractivity contribution in [2.24, 2.45) is 0 Å². The van der Waals surface area contributed by atoms with Gasteiger partial charge >= 0.3 is 0 Å². The highest BCUT2D eigenvalue weighted by Crippen LogP contribution is 2.19. The lowest BCUT2D eigenvalue weighted by molar-refractivity contribution is 0.184. The molecule has 6 rings (SSSR count). The first-order chi connectivity index (χ1) is 44.7. The van der Waals surface area contributed by atoms with Crippen molar-refractivity contribution >= 4 is 36.5 Å². The van der Waals surface area contributed by atoms with Crippen LogP contribution in [0.5, 0.6) is 34.5 Å². The van der Waals surface area contributed by atoms with E-state index in [-0.39, 0.29) is 0 Å². The molecule has 0 amide bonds. The van der Waals surface area contributed by atoms with Gasteiger partial charge in [0, 0.05) is 13.7 Å². The van der Waals surface area contributed by atoms with Gasteiger partial charge in [0.1, 0.15) is 34.5 Å². The standard InChI is InChI=1S/C17H26O.C15H22O.C14H20O.C13H18O2.C13H18O.C12H16O/c1-3-5-6-7-8-9-10-15-18-17-13-11-16(4-2)12-14-17;1-3-5-6-7-8-13-16-15-11-9-14(4-2)10-12-15;1-3-5-6-7-11-15-14-10-8-9-13(4-2)12-14;1-3-12-6-8-13(9-7-12)15-11-5-4-10-14-2;1-3-5-6-10-14-13-9-7-8-12(4-2)11-13;1-3-5-10-13-12-8-6-11(4-2)7-9-12/h4,11-14H,2-3,5-10,15H2,1H3;4,9-12H,2-3,5-8,13H2,1H3;4,8-10,12H,2-3,5-7,11H2,1H3;3,6-9H,1,4-5,10-11H2,2H3;4,7-9,11H,2-3,5-6,10H2,1H3;4,6-9H,2-3,5,10H2,1H3. The molecular formula is C84H120O7. The van der Waals surface area contributed by atoms with Gasteiger partial charge in [0.05, 0.1) is 39.6 Å². The van der Waals surface area contributed by atoms with Crippen molar-refractivity contribution < 1.29 is 33.2 Å². The molecule has 498 valence electrons. The maximum absolute atomic E-state index is 5.70. The molecule has 0 N–H and O–H groups in total. The van der Waals surface area contributed by atoms with Crippen LogP contribution in [0, 0.1) is 0 Å². The quantitative estimate of drug-likeness (QED) is 0.0354. The normalized spacial score (nSPS) is 9.96. The van der Waals surface area contributed by atoms with Crippen LogP contribution in [0.4, 0.5) is 0 Å². The van der Waals surface area contributed by atoms with Crippen molar-refractivity contribution in [1.82, 2.24) is 0 Å². The number of unbranched alkanes of at least 4 members (excludes halogenated alkanes) is 17. The van der Waals surface area contributed by atoms with E-state index in [1.807, 2.05) is 182 Å². The number of hydrogen-bond acceptors (Lipinski definition) is 7. The largest absolute Gasteiger partial charge is 0.494 e. The SMILES string of the molecule is C=Cc1ccc(OCCCC)cc1.C=Cc1ccc(OCCCCCCC)cc1.C=Cc1ccc(OCCCCCCCCC)cc1.C=Cc1ccc(OCCCCOC)cc1.C=Cc1cccc(OCCCCC)c1.C=Cc1cccc(OCCCCCC)c1. The summed E-state index contributed by atoms with van der Waals surface area (Å²) in [5.74, 6) is 5.67. The number of rotatable bonds is 43. The molecule has 6 aromatic rings. The van der Waals surface area contributed by atoms with Gasteiger partial charge in [-0.05, 0) is 151 Å². The van der Waals surface area contributed by atoms with E-state index in [4.69, 9.17) is 33.2 Å². The zero-order chi connectivity index (χ0) is 66.3. The van der Waals surface area contributed by atoms with Gasteiger partial charge in [-0.1, -0.05) is 286 Å². The third-order valence-corrected chi connectivity index (χ3v) is 14.2. The molecule has 7 heteroatoms. The van der Waals surface area contributed by atoms with E-state index >= 15 is 0 Å². The fourth-order valence-electron chi connectivity index (χ4n) is 8.54. The highest BCUT2D eigenvalue weighted by Gasteiger charge is 2.00. The molecule has 0 saturated carbocycles. The molecule has 6 aromatic carbocycles. The van der Waals surface area contributed by atoms with Gasteiger partial charge in [-0.15, -0.1) is 0 Å². The van der Waals surface area contributed by atoms with Crippen LogP contribution in [0.15, 0.2) is 185 Å². The summed E-state index contributed by atoms with van der Waals surface area (Å²) in [5, 5.41) is 0. The fraction of sp³-hybridized carbons (Fsp3) is 0.429. The highest BCUT2D eigenvalue weighted by atomic mass is 16.5. The summed E-state index contributed by atoms with van der Waals surface area (Å²) in [4.78, 5) is 0. The van der Waals surface area contributed by atoms with Crippen LogP contribution in [0.3, 0.4) is 0 Å². The maximum Gasteiger partial charge on any atom is 0.119 e. The van der Waals surface area contributed by atoms with Crippen molar-refractivity contribution in [2.45, 2.75) is 182 Å². The molecule has 0 radical (unpaired) electrons. The lowest BCUT2D eigenvalue weighted by atomic mass is 10.1. The number of hydrogen-bond donors (Lipinski definition) is 0. The van der Waals surface area contributed by atoms with Crippen molar-refractivity contribution in [2.75, 3.05) is 53.4 Å². The Morgan fingerprint density at radius 3 is 0.736 bits per heavy atom. The minimum absolute atomic E-state index is 0.747. The van der Waals surface area contributed by atoms with Gasteiger partial charge in [-0.2, -0.15) is 0 Å². The molecular weight excluding hydrogens is 1120 g/mol. The molecule has 0 spiro atoms. The Hall–Kier alpha value is -7.48. The van der Waals surface area contributed by atoms with E-state index in [1.165, 1.54) is 103 Å². The molecule has 0 unspecified atom stereocenters. The van der Waals surface area contributed by atoms with Gasteiger partial charge in [0.15, 0.2) is 0 Å². The van der Waals surface area contributed by atoms with Crippen molar-refractivity contribution in [3.63, 3.8) is 0 Å². The molecule has 0 bridgehead atoms. The van der Waals surface area contributed by atoms with Crippen LogP contribution < -0.4 is 28.4 Å². The van der Waals surface area contributed by atoms with E-state index in [1.54, 1.807) is 7.11 Å². The minimum atomic E-state index is 0.747. The van der Waals surface area contributed by atoms with Crippen LogP contribution in [-0.2, 0) is 4.74 Å². The molecule has 0 heterocycles. The van der Waals surface area contributed by atoms with Crippen molar-refractivity contribution in [3.8, 4) is 34.5 Å². The Balaban J connectivity index is 0.000000547. The Morgan fingerprint density at radius 2 is 0.451 bits per heavy atom. The summed E-state index contributed by atoms with van der Waals surface area (Å²) in [7, 11) is 1.72. The molecule has 0 aliphatic rings. The average molecular weight is 1240 g/mol. The molecule has 0 aromatic heterocycles. The first kappa shape index (κ1) is 81.5. The monoisotopic (exact) mass is 1240 g/mol. The molecule has 0 aliphatic carbocycles. The predicted octanol–water partition coefficient (Wildman–Crippen LogP) is 25.0. The van der Waals surface area contributed by atoms with E-state index in [0.29, 0.717) is 0 Å². The summed E-state index contributed by atoms with van der Waals surface area (Å²) in [6.45, 7) is 39.0. The topological polar surface area (TPSA) is 64.6 Å². The Morgan fingerprint density at radius 1 is 0.231 bits per heavy atom. The summed E-state index contributed by atoms with van der Waals surface area (Å²) in [6, 6.07) is 48.1. The van der Waals surface area contributed by atoms with Crippen LogP contribution in [0.25, 0.3) is 36.5 Å². The van der Waals surface area contributed by atoms with Crippen LogP contribution >= 0.6 is 0 Å². The van der Waals surface area contributed by atoms with Gasteiger partial charge in [-0.25, -0.2) is 0 Å². The summed E-state index contributed by atoms with van der Waals surface area (Å²) in [5.41, 5.74) is 6.73. The van der Waals surface area contributed by atoms with Gasteiger partial charge in [0.2, 0.25) is 0 Å². The Kier molecular flexibility index (Phi) is 53.8. The Labute approximate surface area is 555 Å². The second-order valence-corrected chi connectivity index (χ2v) is 22.1. The predicted molar refractivity (Wildman–Crippen MR) is 399 cm³/mol. The molecule has 0 aliphatic heterocycles. The van der Waals surface area contributed by atoms with Gasteiger partial charge in [0.25, 0.3) is 0 Å². The first-order valence-electron chi connectivity index (χ1n) is 34.3. The molecule has 0 fully saturated rings. The van der Waals surface area contributed by atoms with E-state index < -0.39 is 0 Å². The van der Waals surface area contributed by atoms with Gasteiger partial charge in [-0.3, -0.25) is 0 Å². The van der Waals surface area contributed by atoms with E-state index in [0.717, 1.165) is 159 Å². The summed E-state index contributed by atoms with van der Waals surface area (Å²) < 4.78 is 38.6. The van der Waals surface area contributed by atoms with Crippen LogP contribution in [-0.4, -0.2) is 53.4 Å². The van der Waals surface area contributed by atoms with Crippen LogP contribution in [0.1, 0.15) is 216 Å². The number of ether oxygens (including phenoxy) is 7. The Bertz CT molecular complexity index is 2650. The lowest BCUT2D eigenvalue weighted by Gasteiger charge is -2.06. The number of benzene rings is 6. The summed E-state index contributed by atoms with van der Waals surface area (Å²) in [6.07, 6.45) is 39.6. The summed E-state index contributed by atoms with van der Waals surface area (Å²) >= 11 is 0. The molecule has 91 heavy (non-hydrogen) atoms. The first-order valence-corrected chi connectivity index (χ1v) is 34.3. The minimum Gasteiger partial charge on any atom is -0.494 e. The smallest absolute Gasteiger partial charge is 0.119 e. The van der Waals surface area contributed by atoms with E-state index in [9.17, 15) is 0 Å². The highest BCUT2D eigenvalue weighted by molar-refractivity contribution is 5.52. The van der Waals surface area contributed by atoms with Crippen molar-refractivity contribution in [1.29, 1.82) is 0 Å². The molecule has 0 saturated heterocycles.